The van der Waals surface area contributed by atoms with Crippen molar-refractivity contribution in [3.8, 4) is 22.6 Å². The van der Waals surface area contributed by atoms with Crippen LogP contribution in [0.3, 0.4) is 0 Å². The summed E-state index contributed by atoms with van der Waals surface area (Å²) in [4.78, 5) is 42.0. The van der Waals surface area contributed by atoms with Crippen LogP contribution in [0.25, 0.3) is 28.2 Å². The summed E-state index contributed by atoms with van der Waals surface area (Å²) in [6, 6.07) is 19.1. The molecule has 0 bridgehead atoms. The Morgan fingerprint density at radius 1 is 1.05 bits per heavy atom. The van der Waals surface area contributed by atoms with E-state index in [1.54, 1.807) is 7.05 Å². The number of carboxylic acids is 1. The minimum atomic E-state index is -2.43. The summed E-state index contributed by atoms with van der Waals surface area (Å²) in [5.41, 5.74) is 9.45. The second kappa shape index (κ2) is 17.6. The molecule has 55 heavy (non-hydrogen) atoms. The molecule has 16 heteroatoms. The van der Waals surface area contributed by atoms with E-state index in [9.17, 15) is 39.9 Å². The van der Waals surface area contributed by atoms with Gasteiger partial charge in [0, 0.05) is 32.7 Å². The van der Waals surface area contributed by atoms with Gasteiger partial charge in [0.1, 0.15) is 29.3 Å². The maximum atomic E-state index is 13.6. The summed E-state index contributed by atoms with van der Waals surface area (Å²) >= 11 is 0. The second-order valence-corrected chi connectivity index (χ2v) is 13.4. The highest BCUT2D eigenvalue weighted by molar-refractivity contribution is 5.99. The Bertz CT molecular complexity index is 2090. The van der Waals surface area contributed by atoms with E-state index in [1.807, 2.05) is 43.3 Å². The number of aliphatic hydroxyl groups is 3. The Hall–Kier alpha value is -5.78. The molecule has 1 fully saturated rings. The first-order valence-electron chi connectivity index (χ1n) is 17.4. The van der Waals surface area contributed by atoms with E-state index in [4.69, 9.17) is 25.4 Å². The molecule has 292 valence electrons. The highest BCUT2D eigenvalue weighted by atomic mass is 16.7. The number of phenols is 1. The average Bonchev–Trinajstić information content (AvgIpc) is 3.16. The number of primary amides is 1. The van der Waals surface area contributed by atoms with Crippen molar-refractivity contribution in [2.45, 2.75) is 43.5 Å². The number of aliphatic imine (C=N–C) groups is 1. The summed E-state index contributed by atoms with van der Waals surface area (Å²) in [5.74, 6) is -3.14. The van der Waals surface area contributed by atoms with Crippen molar-refractivity contribution in [1.29, 1.82) is 0 Å². The maximum Gasteiger partial charge on any atom is 0.335 e. The van der Waals surface area contributed by atoms with Gasteiger partial charge in [-0.05, 0) is 53.6 Å². The topological polar surface area (TPSA) is 272 Å². The van der Waals surface area contributed by atoms with Crippen molar-refractivity contribution in [2.75, 3.05) is 26.7 Å². The zero-order chi connectivity index (χ0) is 39.9. The number of ether oxygens (including phenoxy) is 2. The second-order valence-electron chi connectivity index (χ2n) is 13.4. The number of hydrogen-bond donors (Lipinski definition) is 9. The largest absolute Gasteiger partial charge is 0.508 e. The highest BCUT2D eigenvalue weighted by Gasteiger charge is 2.58. The zero-order valence-electron chi connectivity index (χ0n) is 30.2. The number of aliphatic hydroxyl groups excluding tert-OH is 2. The van der Waals surface area contributed by atoms with Crippen molar-refractivity contribution in [3.05, 3.63) is 100 Å². The van der Waals surface area contributed by atoms with Crippen LogP contribution in [0.5, 0.6) is 11.5 Å². The number of benzene rings is 3. The standard InChI is InChI=1S/C39H45N5O11/c1-21(7-6-10-22-8-4-3-5-9-22)24(19-44-38(41)42-2)18-43-20-39(52)34(48)31(47)33(36(50)51)55-37(39)53-26-15-16-27-28(17-26)54-32(35(40)49)29(30(27)46)23-11-13-25(45)14-12-23/h3-6,8-17,21,24,31,33-34,37,43,45,47-48,52H,7,18-20H2,1-2H3,(H2,40,49)(H,50,51)(H3,41,42,44)/b10-6+/t21-,24+,31-,33+,34+,37-,39-/m1/s1. The summed E-state index contributed by atoms with van der Waals surface area (Å²) in [6.07, 6.45) is -3.25. The number of carboxylic acid groups (broad SMARTS) is 1. The number of carbonyl (C=O) groups is 2. The fourth-order valence-corrected chi connectivity index (χ4v) is 6.31. The van der Waals surface area contributed by atoms with Gasteiger partial charge in [-0.15, -0.1) is 0 Å². The fourth-order valence-electron chi connectivity index (χ4n) is 6.31. The Morgan fingerprint density at radius 3 is 2.42 bits per heavy atom. The third kappa shape index (κ3) is 9.30. The molecule has 11 N–H and O–H groups in total. The number of amides is 1. The van der Waals surface area contributed by atoms with Crippen LogP contribution in [-0.4, -0.2) is 100 Å². The van der Waals surface area contributed by atoms with Crippen molar-refractivity contribution >= 4 is 34.9 Å². The molecule has 0 aliphatic carbocycles. The van der Waals surface area contributed by atoms with E-state index >= 15 is 0 Å². The van der Waals surface area contributed by atoms with E-state index in [0.29, 0.717) is 13.0 Å². The summed E-state index contributed by atoms with van der Waals surface area (Å²) in [6.45, 7) is 2.25. The third-order valence-electron chi connectivity index (χ3n) is 9.58. The van der Waals surface area contributed by atoms with Crippen LogP contribution in [-0.2, 0) is 9.53 Å². The number of aromatic hydroxyl groups is 1. The van der Waals surface area contributed by atoms with E-state index in [-0.39, 0.29) is 57.9 Å². The smallest absolute Gasteiger partial charge is 0.335 e. The van der Waals surface area contributed by atoms with Gasteiger partial charge in [0.2, 0.25) is 17.5 Å². The van der Waals surface area contributed by atoms with Crippen LogP contribution in [0.15, 0.2) is 93.1 Å². The van der Waals surface area contributed by atoms with Crippen molar-refractivity contribution < 1.29 is 49.0 Å². The van der Waals surface area contributed by atoms with E-state index < -0.39 is 59.8 Å². The predicted molar refractivity (Wildman–Crippen MR) is 203 cm³/mol. The molecule has 1 amide bonds. The fraction of sp³-hybridized carbons (Fsp3) is 0.333. The van der Waals surface area contributed by atoms with Crippen LogP contribution in [0.2, 0.25) is 0 Å². The Kier molecular flexibility index (Phi) is 12.9. The van der Waals surface area contributed by atoms with Gasteiger partial charge in [-0.1, -0.05) is 61.5 Å². The first kappa shape index (κ1) is 40.4. The molecule has 0 radical (unpaired) electrons. The molecule has 4 aromatic rings. The predicted octanol–water partition coefficient (Wildman–Crippen LogP) is 1.39. The van der Waals surface area contributed by atoms with Crippen molar-refractivity contribution in [2.24, 2.45) is 28.3 Å². The number of nitrogens with two attached hydrogens (primary N) is 2. The lowest BCUT2D eigenvalue weighted by Crippen LogP contribution is -2.71. The normalized spacial score (nSPS) is 22.7. The number of phenolic OH excluding ortho intramolecular Hbond substituents is 1. The summed E-state index contributed by atoms with van der Waals surface area (Å²) in [5, 5.41) is 59.5. The number of aliphatic carboxylic acids is 1. The molecular formula is C39H45N5O11. The van der Waals surface area contributed by atoms with Crippen molar-refractivity contribution in [1.82, 2.24) is 10.6 Å². The lowest BCUT2D eigenvalue weighted by atomic mass is 9.85. The highest BCUT2D eigenvalue weighted by Crippen LogP contribution is 2.34. The van der Waals surface area contributed by atoms with Crippen LogP contribution >= 0.6 is 0 Å². The van der Waals surface area contributed by atoms with Crippen molar-refractivity contribution in [3.63, 3.8) is 0 Å². The molecular weight excluding hydrogens is 714 g/mol. The number of fused-ring (bicyclic) bond motifs is 1. The molecule has 3 aromatic carbocycles. The maximum absolute atomic E-state index is 13.6. The first-order valence-corrected chi connectivity index (χ1v) is 17.4. The van der Waals surface area contributed by atoms with Gasteiger partial charge in [0.05, 0.1) is 10.9 Å². The zero-order valence-corrected chi connectivity index (χ0v) is 30.2. The van der Waals surface area contributed by atoms with E-state index in [1.165, 1.54) is 42.5 Å². The number of rotatable bonds is 15. The average molecular weight is 760 g/mol. The molecule has 2 heterocycles. The van der Waals surface area contributed by atoms with Gasteiger partial charge in [-0.2, -0.15) is 0 Å². The molecule has 1 aliphatic heterocycles. The number of nitrogens with one attached hydrogen (secondary N) is 2. The van der Waals surface area contributed by atoms with Gasteiger partial charge in [0.15, 0.2) is 17.7 Å². The third-order valence-corrected chi connectivity index (χ3v) is 9.58. The first-order chi connectivity index (χ1) is 26.2. The van der Waals surface area contributed by atoms with E-state index in [2.05, 4.69) is 21.7 Å². The molecule has 0 spiro atoms. The van der Waals surface area contributed by atoms with Gasteiger partial charge in [-0.3, -0.25) is 14.6 Å². The van der Waals surface area contributed by atoms with E-state index in [0.717, 1.165) is 5.56 Å². The Balaban J connectivity index is 1.40. The van der Waals surface area contributed by atoms with Crippen LogP contribution < -0.4 is 32.3 Å². The lowest BCUT2D eigenvalue weighted by Gasteiger charge is -2.47. The molecule has 7 atom stereocenters. The van der Waals surface area contributed by atoms with Gasteiger partial charge in [-0.25, -0.2) is 4.79 Å². The number of carbonyl (C=O) groups excluding carboxylic acids is 1. The minimum Gasteiger partial charge on any atom is -0.508 e. The SMILES string of the molecule is CN=C(N)NC[C@H](CNC[C@]1(O)[C@H](Oc2ccc3c(=O)c(-c4ccc(O)cc4)c(C(N)=O)oc3c2)O[C@H](C(=O)O)[C@@H](O)[C@@H]1O)[C@H](C)C/C=C/c1ccccc1. The number of nitrogens with zero attached hydrogens (tertiary/aromatic N) is 1. The van der Waals surface area contributed by atoms with Gasteiger partial charge in [0.25, 0.3) is 5.91 Å². The van der Waals surface area contributed by atoms with Gasteiger partial charge < -0.3 is 61.5 Å². The van der Waals surface area contributed by atoms with Gasteiger partial charge >= 0.3 is 5.97 Å². The molecule has 1 aromatic heterocycles. The quantitative estimate of drug-likeness (QED) is 0.0612. The molecule has 1 saturated heterocycles. The Labute approximate surface area is 315 Å². The summed E-state index contributed by atoms with van der Waals surface area (Å²) < 4.78 is 17.3. The number of allylic oxidation sites excluding steroid dienone is 1. The molecule has 1 aliphatic rings. The van der Waals surface area contributed by atoms with Crippen LogP contribution in [0.1, 0.15) is 29.5 Å². The van der Waals surface area contributed by atoms with Crippen LogP contribution in [0, 0.1) is 11.8 Å². The molecule has 0 unspecified atom stereocenters. The lowest BCUT2D eigenvalue weighted by molar-refractivity contribution is -0.311. The Morgan fingerprint density at radius 2 is 1.76 bits per heavy atom. The van der Waals surface area contributed by atoms with Crippen LogP contribution in [0.4, 0.5) is 0 Å². The molecule has 0 saturated carbocycles. The molecule has 16 nitrogen and oxygen atoms in total. The number of hydrogen-bond acceptors (Lipinski definition) is 12. The monoisotopic (exact) mass is 759 g/mol. The number of guanidine groups is 1. The minimum absolute atomic E-state index is 0.0157. The summed E-state index contributed by atoms with van der Waals surface area (Å²) in [7, 11) is 1.55. The molecule has 5 rings (SSSR count).